The normalized spacial score (nSPS) is 51.7. The lowest BCUT2D eigenvalue weighted by atomic mass is 9.46. The van der Waals surface area contributed by atoms with Gasteiger partial charge in [0.15, 0.2) is 0 Å². The number of fused-ring (bicyclic) bond motifs is 5. The summed E-state index contributed by atoms with van der Waals surface area (Å²) in [5, 5.41) is 9.34. The molecule has 3 fully saturated rings. The number of hydrogen-bond donors (Lipinski definition) is 1. The van der Waals surface area contributed by atoms with Crippen LogP contribution in [-0.4, -0.2) is 16.9 Å². The Bertz CT molecular complexity index is 579. The van der Waals surface area contributed by atoms with E-state index in [-0.39, 0.29) is 16.7 Å². The Kier molecular flexibility index (Phi) is 3.31. The van der Waals surface area contributed by atoms with E-state index < -0.39 is 5.97 Å². The molecule has 3 saturated carbocycles. The monoisotopic (exact) mass is 316 g/mol. The van der Waals surface area contributed by atoms with E-state index in [1.54, 1.807) is 0 Å². The van der Waals surface area contributed by atoms with Crippen molar-refractivity contribution in [2.75, 3.05) is 0 Å². The summed E-state index contributed by atoms with van der Waals surface area (Å²) in [7, 11) is 0. The van der Waals surface area contributed by atoms with Crippen LogP contribution < -0.4 is 0 Å². The fourth-order valence-electron chi connectivity index (χ4n) is 6.76. The lowest BCUT2D eigenvalue weighted by Gasteiger charge is -2.58. The van der Waals surface area contributed by atoms with E-state index in [1.807, 2.05) is 6.08 Å². The van der Waals surface area contributed by atoms with Gasteiger partial charge in [0, 0.05) is 11.8 Å². The molecular weight excluding hydrogens is 288 g/mol. The van der Waals surface area contributed by atoms with Crippen LogP contribution in [0.1, 0.15) is 58.8 Å². The predicted molar refractivity (Wildman–Crippen MR) is 87.8 cm³/mol. The maximum absolute atomic E-state index is 12.4. The summed E-state index contributed by atoms with van der Waals surface area (Å²) >= 11 is 0. The smallest absolute Gasteiger partial charge is 0.310 e. The fraction of sp³-hybridized carbons (Fsp3) is 0.800. The molecule has 0 spiro atoms. The first kappa shape index (κ1) is 15.4. The maximum atomic E-state index is 12.4. The van der Waals surface area contributed by atoms with E-state index >= 15 is 0 Å². The van der Waals surface area contributed by atoms with E-state index in [4.69, 9.17) is 0 Å². The highest BCUT2D eigenvalue weighted by atomic mass is 16.4. The Morgan fingerprint density at radius 1 is 1.17 bits per heavy atom. The van der Waals surface area contributed by atoms with Gasteiger partial charge in [-0.25, -0.2) is 0 Å². The maximum Gasteiger partial charge on any atom is 0.310 e. The van der Waals surface area contributed by atoms with Crippen molar-refractivity contribution in [1.29, 1.82) is 0 Å². The fourth-order valence-corrected chi connectivity index (χ4v) is 6.76. The van der Waals surface area contributed by atoms with Gasteiger partial charge in [0.05, 0.1) is 5.92 Å². The molecule has 3 nitrogen and oxygen atoms in total. The molecule has 4 aliphatic rings. The molecule has 0 heterocycles. The Morgan fingerprint density at radius 2 is 1.96 bits per heavy atom. The second kappa shape index (κ2) is 4.94. The second-order valence-corrected chi connectivity index (χ2v) is 8.97. The van der Waals surface area contributed by atoms with Gasteiger partial charge in [0.25, 0.3) is 0 Å². The summed E-state index contributed by atoms with van der Waals surface area (Å²) in [5.41, 5.74) is 0.0776. The zero-order chi connectivity index (χ0) is 16.4. The van der Waals surface area contributed by atoms with Crippen molar-refractivity contribution in [3.63, 3.8) is 0 Å². The molecule has 3 heteroatoms. The van der Waals surface area contributed by atoms with Crippen molar-refractivity contribution in [1.82, 2.24) is 0 Å². The highest BCUT2D eigenvalue weighted by molar-refractivity contribution is 5.87. The first-order valence-corrected chi connectivity index (χ1v) is 9.32. The minimum absolute atomic E-state index is 0.0632. The first-order chi connectivity index (χ1) is 10.9. The third kappa shape index (κ3) is 2.01. The van der Waals surface area contributed by atoms with Crippen molar-refractivity contribution in [3.8, 4) is 0 Å². The number of aliphatic carboxylic acids is 1. The Balaban J connectivity index is 1.65. The van der Waals surface area contributed by atoms with Crippen LogP contribution in [0, 0.1) is 40.4 Å². The Labute approximate surface area is 138 Å². The van der Waals surface area contributed by atoms with Gasteiger partial charge < -0.3 is 5.11 Å². The van der Waals surface area contributed by atoms with Crippen LogP contribution in [-0.2, 0) is 9.59 Å². The third-order valence-corrected chi connectivity index (χ3v) is 8.22. The lowest BCUT2D eigenvalue weighted by molar-refractivity contribution is -0.143. The molecule has 2 unspecified atom stereocenters. The summed E-state index contributed by atoms with van der Waals surface area (Å²) in [6.07, 6.45) is 11.4. The van der Waals surface area contributed by atoms with E-state index in [9.17, 15) is 14.7 Å². The first-order valence-electron chi connectivity index (χ1n) is 9.32. The van der Waals surface area contributed by atoms with Crippen LogP contribution in [0.3, 0.4) is 0 Å². The lowest BCUT2D eigenvalue weighted by Crippen LogP contribution is -2.52. The average Bonchev–Trinajstić information content (AvgIpc) is 2.82. The van der Waals surface area contributed by atoms with Crippen LogP contribution in [0.2, 0.25) is 0 Å². The molecule has 7 atom stereocenters. The van der Waals surface area contributed by atoms with Gasteiger partial charge in [-0.05, 0) is 67.6 Å². The zero-order valence-corrected chi connectivity index (χ0v) is 14.3. The van der Waals surface area contributed by atoms with Gasteiger partial charge in [-0.2, -0.15) is 0 Å². The zero-order valence-electron chi connectivity index (χ0n) is 14.3. The molecule has 23 heavy (non-hydrogen) atoms. The molecule has 0 radical (unpaired) electrons. The number of carbonyl (C=O) groups excluding carboxylic acids is 1. The van der Waals surface area contributed by atoms with Gasteiger partial charge >= 0.3 is 5.97 Å². The molecule has 0 saturated heterocycles. The van der Waals surface area contributed by atoms with Crippen molar-refractivity contribution in [2.45, 2.75) is 58.8 Å². The summed E-state index contributed by atoms with van der Waals surface area (Å²) in [5.74, 6) is 1.88. The minimum Gasteiger partial charge on any atom is -0.481 e. The predicted octanol–water partition coefficient (Wildman–Crippen LogP) is 4.08. The number of rotatable bonds is 1. The number of hydrogen-bond acceptors (Lipinski definition) is 2. The third-order valence-electron chi connectivity index (χ3n) is 8.22. The summed E-state index contributed by atoms with van der Waals surface area (Å²) < 4.78 is 0. The van der Waals surface area contributed by atoms with Crippen molar-refractivity contribution >= 4 is 11.8 Å². The van der Waals surface area contributed by atoms with E-state index in [0.717, 1.165) is 38.5 Å². The molecule has 0 bridgehead atoms. The molecule has 0 aromatic rings. The van der Waals surface area contributed by atoms with Gasteiger partial charge in [-0.1, -0.05) is 26.0 Å². The van der Waals surface area contributed by atoms with E-state index in [0.29, 0.717) is 29.5 Å². The topological polar surface area (TPSA) is 54.4 Å². The second-order valence-electron chi connectivity index (χ2n) is 8.97. The highest BCUT2D eigenvalue weighted by Gasteiger charge is 2.59. The van der Waals surface area contributed by atoms with Crippen molar-refractivity contribution in [3.05, 3.63) is 12.2 Å². The summed E-state index contributed by atoms with van der Waals surface area (Å²) in [6, 6.07) is 0. The van der Waals surface area contributed by atoms with Gasteiger partial charge in [-0.3, -0.25) is 9.59 Å². The average molecular weight is 316 g/mol. The van der Waals surface area contributed by atoms with Gasteiger partial charge in [0.2, 0.25) is 0 Å². The van der Waals surface area contributed by atoms with E-state index in [1.165, 1.54) is 6.42 Å². The molecule has 0 aromatic carbocycles. The molecule has 1 N–H and O–H groups in total. The minimum atomic E-state index is -0.678. The van der Waals surface area contributed by atoms with Crippen molar-refractivity contribution in [2.24, 2.45) is 40.4 Å². The highest BCUT2D eigenvalue weighted by Crippen LogP contribution is 2.64. The number of Topliss-reactive ketones (excluding diaryl/α,β-unsaturated/α-hetero) is 1. The molecule has 0 aliphatic heterocycles. The van der Waals surface area contributed by atoms with Crippen LogP contribution in [0.25, 0.3) is 0 Å². The Hall–Kier alpha value is -1.12. The number of carboxylic acids is 1. The molecule has 4 rings (SSSR count). The largest absolute Gasteiger partial charge is 0.481 e. The van der Waals surface area contributed by atoms with E-state index in [2.05, 4.69) is 19.9 Å². The van der Waals surface area contributed by atoms with Gasteiger partial charge in [-0.15, -0.1) is 0 Å². The van der Waals surface area contributed by atoms with Crippen LogP contribution in [0.15, 0.2) is 12.2 Å². The molecule has 0 amide bonds. The summed E-state index contributed by atoms with van der Waals surface area (Å²) in [6.45, 7) is 4.58. The molecule has 0 aromatic heterocycles. The standard InChI is InChI=1S/C20H28O3/c1-19-9-7-12(18(22)23)11-13(19)3-4-14-15-5-6-17(21)20(15,2)10-8-16(14)19/h7,9,12-16H,3-6,8,10-11H2,1-2H3,(H,22,23)/t12?,13?,14-,15-,16+,19-,20-/m0/s1. The number of allylic oxidation sites excluding steroid dienone is 1. The SMILES string of the molecule is C[C@]12C=CC(C(=O)O)CC1CC[C@@H]1[C@H]2CC[C@]2(C)C(=O)CC[C@@H]12. The summed E-state index contributed by atoms with van der Waals surface area (Å²) in [4.78, 5) is 23.8. The number of ketones is 1. The quantitative estimate of drug-likeness (QED) is 0.742. The number of carbonyl (C=O) groups is 2. The Morgan fingerprint density at radius 3 is 2.70 bits per heavy atom. The van der Waals surface area contributed by atoms with Gasteiger partial charge in [0.1, 0.15) is 5.78 Å². The molecule has 126 valence electrons. The molecule has 4 aliphatic carbocycles. The number of carboxylic acid groups (broad SMARTS) is 1. The van der Waals surface area contributed by atoms with Crippen molar-refractivity contribution < 1.29 is 14.7 Å². The van der Waals surface area contributed by atoms with Crippen LogP contribution >= 0.6 is 0 Å². The molecular formula is C20H28O3. The van der Waals surface area contributed by atoms with Crippen LogP contribution in [0.5, 0.6) is 0 Å². The van der Waals surface area contributed by atoms with Crippen LogP contribution in [0.4, 0.5) is 0 Å².